The van der Waals surface area contributed by atoms with Crippen LogP contribution < -0.4 is 14.5 Å². The number of amides is 2. The molecule has 2 aromatic carbocycles. The van der Waals surface area contributed by atoms with Crippen LogP contribution in [-0.4, -0.2) is 49.0 Å². The molecule has 1 unspecified atom stereocenters. The van der Waals surface area contributed by atoms with Crippen molar-refractivity contribution in [2.75, 3.05) is 15.0 Å². The van der Waals surface area contributed by atoms with E-state index in [-0.39, 0.29) is 28.4 Å². The molecule has 224 valence electrons. The SMILES string of the molecule is N#Cc1ccnc(N2C(C(=O)N(c3cc(F)cc(F)c3)[C@@H](C(=O)NC3CC(F)(F)C3)c3ccccc3Cl)CCS2(=O)=O)c1. The van der Waals surface area contributed by atoms with Gasteiger partial charge in [0.1, 0.15) is 29.5 Å². The van der Waals surface area contributed by atoms with Crippen LogP contribution in [0.15, 0.2) is 60.8 Å². The molecule has 2 atom stereocenters. The lowest BCUT2D eigenvalue weighted by atomic mass is 9.87. The smallest absolute Gasteiger partial charge is 0.252 e. The summed E-state index contributed by atoms with van der Waals surface area (Å²) in [6, 6.07) is 7.92. The van der Waals surface area contributed by atoms with Crippen LogP contribution in [0.2, 0.25) is 5.02 Å². The number of sulfonamides is 1. The van der Waals surface area contributed by atoms with Crippen molar-refractivity contribution < 1.29 is 35.6 Å². The van der Waals surface area contributed by atoms with E-state index in [1.54, 1.807) is 0 Å². The van der Waals surface area contributed by atoms with Crippen LogP contribution in [0, 0.1) is 23.0 Å². The van der Waals surface area contributed by atoms with Gasteiger partial charge in [-0.2, -0.15) is 5.26 Å². The predicted molar refractivity (Wildman–Crippen MR) is 148 cm³/mol. The number of hydrogen-bond donors (Lipinski definition) is 1. The quantitative estimate of drug-likeness (QED) is 0.382. The Labute approximate surface area is 248 Å². The van der Waals surface area contributed by atoms with Crippen molar-refractivity contribution in [2.24, 2.45) is 0 Å². The molecule has 2 aliphatic rings. The number of hydrogen-bond acceptors (Lipinski definition) is 6. The highest BCUT2D eigenvalue weighted by atomic mass is 35.5. The monoisotopic (exact) mass is 635 g/mol. The maximum Gasteiger partial charge on any atom is 0.252 e. The highest BCUT2D eigenvalue weighted by Gasteiger charge is 2.49. The molecular formula is C28H22ClF4N5O4S. The molecule has 2 fully saturated rings. The van der Waals surface area contributed by atoms with E-state index in [9.17, 15) is 40.8 Å². The van der Waals surface area contributed by atoms with Gasteiger partial charge in [0.2, 0.25) is 15.9 Å². The Bertz CT molecular complexity index is 1720. The second-order valence-corrected chi connectivity index (χ2v) is 12.5. The molecule has 1 aromatic heterocycles. The Morgan fingerprint density at radius 2 is 1.79 bits per heavy atom. The number of pyridine rings is 1. The zero-order valence-corrected chi connectivity index (χ0v) is 23.6. The van der Waals surface area contributed by atoms with Gasteiger partial charge in [0.15, 0.2) is 0 Å². The van der Waals surface area contributed by atoms with Crippen molar-refractivity contribution in [1.82, 2.24) is 10.3 Å². The molecule has 1 aliphatic carbocycles. The van der Waals surface area contributed by atoms with Crippen molar-refractivity contribution in [1.29, 1.82) is 5.26 Å². The molecule has 2 heterocycles. The van der Waals surface area contributed by atoms with Crippen LogP contribution in [0.4, 0.5) is 29.1 Å². The summed E-state index contributed by atoms with van der Waals surface area (Å²) in [4.78, 5) is 33.0. The lowest BCUT2D eigenvalue weighted by Crippen LogP contribution is -2.56. The average molecular weight is 636 g/mol. The molecule has 1 N–H and O–H groups in total. The van der Waals surface area contributed by atoms with Crippen LogP contribution >= 0.6 is 11.6 Å². The Kier molecular flexibility index (Phi) is 8.06. The molecule has 0 radical (unpaired) electrons. The molecule has 2 amide bonds. The summed E-state index contributed by atoms with van der Waals surface area (Å²) in [5.74, 6) is -8.04. The summed E-state index contributed by atoms with van der Waals surface area (Å²) in [6.45, 7) is 0. The van der Waals surface area contributed by atoms with E-state index in [1.165, 1.54) is 36.5 Å². The highest BCUT2D eigenvalue weighted by molar-refractivity contribution is 7.93. The third-order valence-corrected chi connectivity index (χ3v) is 9.26. The van der Waals surface area contributed by atoms with Crippen molar-refractivity contribution >= 4 is 44.9 Å². The summed E-state index contributed by atoms with van der Waals surface area (Å²) in [5.41, 5.74) is -0.416. The van der Waals surface area contributed by atoms with Gasteiger partial charge < -0.3 is 5.32 Å². The molecule has 1 aliphatic heterocycles. The van der Waals surface area contributed by atoms with Crippen molar-refractivity contribution in [2.45, 2.75) is 43.3 Å². The van der Waals surface area contributed by atoms with Crippen LogP contribution in [-0.2, 0) is 19.6 Å². The van der Waals surface area contributed by atoms with Gasteiger partial charge >= 0.3 is 0 Å². The summed E-state index contributed by atoms with van der Waals surface area (Å²) >= 11 is 6.42. The predicted octanol–water partition coefficient (Wildman–Crippen LogP) is 4.48. The Hall–Kier alpha value is -4.22. The molecule has 43 heavy (non-hydrogen) atoms. The topological polar surface area (TPSA) is 123 Å². The Morgan fingerprint density at radius 1 is 1.12 bits per heavy atom. The minimum Gasteiger partial charge on any atom is -0.351 e. The van der Waals surface area contributed by atoms with E-state index in [0.29, 0.717) is 15.3 Å². The molecule has 5 rings (SSSR count). The van der Waals surface area contributed by atoms with E-state index < -0.39 is 81.8 Å². The molecule has 15 heteroatoms. The molecular weight excluding hydrogens is 614 g/mol. The summed E-state index contributed by atoms with van der Waals surface area (Å²) < 4.78 is 83.3. The van der Waals surface area contributed by atoms with Gasteiger partial charge in [0, 0.05) is 41.7 Å². The fraction of sp³-hybridized carbons (Fsp3) is 0.286. The van der Waals surface area contributed by atoms with E-state index >= 15 is 0 Å². The fourth-order valence-electron chi connectivity index (χ4n) is 5.18. The fourth-order valence-corrected chi connectivity index (χ4v) is 7.11. The Morgan fingerprint density at radius 3 is 2.42 bits per heavy atom. The summed E-state index contributed by atoms with van der Waals surface area (Å²) in [5, 5.41) is 11.7. The normalized spacial score (nSPS) is 19.6. The molecule has 0 spiro atoms. The van der Waals surface area contributed by atoms with Gasteiger partial charge in [-0.15, -0.1) is 0 Å². The van der Waals surface area contributed by atoms with Crippen molar-refractivity contribution in [3.63, 3.8) is 0 Å². The van der Waals surface area contributed by atoms with E-state index in [1.807, 2.05) is 6.07 Å². The molecule has 1 saturated heterocycles. The lowest BCUT2D eigenvalue weighted by molar-refractivity contribution is -0.133. The van der Waals surface area contributed by atoms with Gasteiger partial charge in [-0.3, -0.25) is 14.5 Å². The first-order valence-corrected chi connectivity index (χ1v) is 14.9. The number of rotatable bonds is 7. The largest absolute Gasteiger partial charge is 0.351 e. The van der Waals surface area contributed by atoms with Gasteiger partial charge in [0.25, 0.3) is 11.8 Å². The van der Waals surface area contributed by atoms with Gasteiger partial charge in [-0.05, 0) is 36.8 Å². The van der Waals surface area contributed by atoms with Crippen molar-refractivity contribution in [3.8, 4) is 6.07 Å². The van der Waals surface area contributed by atoms with Crippen LogP contribution in [0.1, 0.15) is 36.4 Å². The molecule has 3 aromatic rings. The number of halogens is 5. The lowest BCUT2D eigenvalue weighted by Gasteiger charge is -2.39. The van der Waals surface area contributed by atoms with Gasteiger partial charge in [-0.1, -0.05) is 29.8 Å². The number of alkyl halides is 2. The second kappa shape index (κ2) is 11.5. The maximum absolute atomic E-state index is 14.5. The van der Waals surface area contributed by atoms with E-state index in [0.717, 1.165) is 18.2 Å². The third kappa shape index (κ3) is 6.14. The highest BCUT2D eigenvalue weighted by Crippen LogP contribution is 2.40. The van der Waals surface area contributed by atoms with E-state index in [2.05, 4.69) is 10.3 Å². The third-order valence-electron chi connectivity index (χ3n) is 7.12. The average Bonchev–Trinajstić information content (AvgIpc) is 3.25. The number of carbonyl (C=O) groups is 2. The standard InChI is InChI=1S/C28H22ClF4N5O4S/c29-22-4-2-1-3-21(22)25(26(39)36-19-13-28(32,33)14-19)37(20-11-17(30)10-18(31)12-20)27(40)23-6-8-43(41,42)38(23)24-9-16(15-34)5-7-35-24/h1-5,7,9-12,19,23,25H,6,8,13-14H2,(H,36,39)/t23?,25-/m1/s1. The number of nitrogens with zero attached hydrogens (tertiary/aromatic N) is 4. The first-order valence-electron chi connectivity index (χ1n) is 12.9. The first kappa shape index (κ1) is 30.2. The molecule has 0 bridgehead atoms. The molecule has 9 nitrogen and oxygen atoms in total. The first-order chi connectivity index (χ1) is 20.3. The van der Waals surface area contributed by atoms with Crippen LogP contribution in [0.3, 0.4) is 0 Å². The minimum atomic E-state index is -4.18. The number of aromatic nitrogens is 1. The van der Waals surface area contributed by atoms with Gasteiger partial charge in [0.05, 0.1) is 23.1 Å². The zero-order valence-electron chi connectivity index (χ0n) is 22.1. The summed E-state index contributed by atoms with van der Waals surface area (Å²) in [7, 11) is -4.18. The van der Waals surface area contributed by atoms with Gasteiger partial charge in [-0.25, -0.2) is 35.3 Å². The number of anilines is 2. The maximum atomic E-state index is 14.5. The number of nitrogens with one attached hydrogen (secondary N) is 1. The number of carbonyl (C=O) groups excluding carboxylic acids is 2. The number of nitriles is 1. The van der Waals surface area contributed by atoms with Crippen LogP contribution in [0.5, 0.6) is 0 Å². The van der Waals surface area contributed by atoms with Crippen LogP contribution in [0.25, 0.3) is 0 Å². The Balaban J connectivity index is 1.66. The zero-order chi connectivity index (χ0) is 31.1. The van der Waals surface area contributed by atoms with Crippen molar-refractivity contribution in [3.05, 3.63) is 88.6 Å². The van der Waals surface area contributed by atoms with E-state index in [4.69, 9.17) is 11.6 Å². The minimum absolute atomic E-state index is 0.0113. The summed E-state index contributed by atoms with van der Waals surface area (Å²) in [6.07, 6.45) is -0.449. The second-order valence-electron chi connectivity index (χ2n) is 10.2. The molecule has 1 saturated carbocycles. The number of benzene rings is 2.